The number of benzene rings is 1. The van der Waals surface area contributed by atoms with Gasteiger partial charge in [0.2, 0.25) is 0 Å². The van der Waals surface area contributed by atoms with Gasteiger partial charge in [-0.1, -0.05) is 5.16 Å². The van der Waals surface area contributed by atoms with Crippen molar-refractivity contribution in [3.63, 3.8) is 0 Å². The van der Waals surface area contributed by atoms with Crippen molar-refractivity contribution in [3.05, 3.63) is 53.7 Å². The molecule has 0 aliphatic carbocycles. The Balaban J connectivity index is 1.50. The van der Waals surface area contributed by atoms with Crippen LogP contribution in [0.3, 0.4) is 0 Å². The van der Waals surface area contributed by atoms with Gasteiger partial charge in [0.1, 0.15) is 11.4 Å². The number of furan rings is 1. The summed E-state index contributed by atoms with van der Waals surface area (Å²) in [6.45, 7) is 2.03. The van der Waals surface area contributed by atoms with Gasteiger partial charge in [-0.3, -0.25) is 4.79 Å². The Kier molecular flexibility index (Phi) is 3.92. The van der Waals surface area contributed by atoms with Gasteiger partial charge in [0, 0.05) is 10.9 Å². The molecular formula is C18H16N4O4. The molecule has 0 fully saturated rings. The standard InChI is InChI=1S/C18H16N4O4/c1-10-12-8-11(24-2)5-6-13(12)20-16(10)17(23)19-9-15-21-18(26-22-15)14-4-3-7-25-14/h3-8,20H,9H2,1-2H3,(H,19,23). The predicted octanol–water partition coefficient (Wildman–Crippen LogP) is 3.06. The predicted molar refractivity (Wildman–Crippen MR) is 92.8 cm³/mol. The zero-order chi connectivity index (χ0) is 18.1. The van der Waals surface area contributed by atoms with Gasteiger partial charge in [-0.15, -0.1) is 0 Å². The van der Waals surface area contributed by atoms with Crippen LogP contribution in [0.2, 0.25) is 0 Å². The second-order valence-corrected chi connectivity index (χ2v) is 5.71. The smallest absolute Gasteiger partial charge is 0.293 e. The van der Waals surface area contributed by atoms with Crippen molar-refractivity contribution in [2.75, 3.05) is 7.11 Å². The summed E-state index contributed by atoms with van der Waals surface area (Å²) >= 11 is 0. The minimum Gasteiger partial charge on any atom is -0.497 e. The number of rotatable bonds is 5. The number of aromatic nitrogens is 3. The Labute approximate surface area is 148 Å². The first kappa shape index (κ1) is 15.9. The molecule has 4 rings (SSSR count). The summed E-state index contributed by atoms with van der Waals surface area (Å²) in [5.74, 6) is 1.61. The summed E-state index contributed by atoms with van der Waals surface area (Å²) in [4.78, 5) is 19.8. The summed E-state index contributed by atoms with van der Waals surface area (Å²) in [6.07, 6.45) is 1.52. The van der Waals surface area contributed by atoms with E-state index in [2.05, 4.69) is 20.4 Å². The average Bonchev–Trinajstić information content (AvgIpc) is 3.39. The molecule has 2 N–H and O–H groups in total. The van der Waals surface area contributed by atoms with Gasteiger partial charge in [0.05, 0.1) is 19.9 Å². The number of aromatic amines is 1. The monoisotopic (exact) mass is 352 g/mol. The Morgan fingerprint density at radius 1 is 1.35 bits per heavy atom. The molecule has 26 heavy (non-hydrogen) atoms. The lowest BCUT2D eigenvalue weighted by Gasteiger charge is -2.01. The van der Waals surface area contributed by atoms with E-state index in [1.807, 2.05) is 25.1 Å². The van der Waals surface area contributed by atoms with E-state index >= 15 is 0 Å². The van der Waals surface area contributed by atoms with Crippen LogP contribution in [-0.2, 0) is 6.54 Å². The fraction of sp³-hybridized carbons (Fsp3) is 0.167. The van der Waals surface area contributed by atoms with E-state index in [0.29, 0.717) is 17.3 Å². The summed E-state index contributed by atoms with van der Waals surface area (Å²) in [5.41, 5.74) is 2.21. The Morgan fingerprint density at radius 2 is 2.23 bits per heavy atom. The molecule has 8 heteroatoms. The van der Waals surface area contributed by atoms with Crippen molar-refractivity contribution < 1.29 is 18.5 Å². The number of amides is 1. The number of hydrogen-bond acceptors (Lipinski definition) is 6. The lowest BCUT2D eigenvalue weighted by molar-refractivity contribution is 0.0945. The molecule has 3 heterocycles. The summed E-state index contributed by atoms with van der Waals surface area (Å²) < 4.78 is 15.5. The fourth-order valence-corrected chi connectivity index (χ4v) is 2.73. The molecule has 8 nitrogen and oxygen atoms in total. The van der Waals surface area contributed by atoms with Gasteiger partial charge in [-0.25, -0.2) is 0 Å². The second kappa shape index (κ2) is 6.40. The van der Waals surface area contributed by atoms with Crippen LogP contribution in [-0.4, -0.2) is 28.1 Å². The number of carbonyl (C=O) groups is 1. The van der Waals surface area contributed by atoms with E-state index in [1.54, 1.807) is 19.2 Å². The van der Waals surface area contributed by atoms with Crippen molar-refractivity contribution in [2.24, 2.45) is 0 Å². The van der Waals surface area contributed by atoms with Crippen LogP contribution in [0.4, 0.5) is 0 Å². The van der Waals surface area contributed by atoms with Gasteiger partial charge in [0.15, 0.2) is 11.6 Å². The van der Waals surface area contributed by atoms with Gasteiger partial charge in [-0.05, 0) is 42.8 Å². The number of H-pyrrole nitrogens is 1. The lowest BCUT2D eigenvalue weighted by atomic mass is 10.1. The maximum absolute atomic E-state index is 12.5. The van der Waals surface area contributed by atoms with Crippen LogP contribution in [0.5, 0.6) is 5.75 Å². The molecule has 4 aromatic rings. The SMILES string of the molecule is COc1ccc2[nH]c(C(=O)NCc3noc(-c4ccco4)n3)c(C)c2c1. The summed E-state index contributed by atoms with van der Waals surface area (Å²) in [7, 11) is 1.61. The molecule has 0 saturated heterocycles. The van der Waals surface area contributed by atoms with Gasteiger partial charge < -0.3 is 24.0 Å². The molecule has 0 bridgehead atoms. The third kappa shape index (κ3) is 2.81. The van der Waals surface area contributed by atoms with E-state index in [1.165, 1.54) is 6.26 Å². The minimum absolute atomic E-state index is 0.140. The quantitative estimate of drug-likeness (QED) is 0.572. The van der Waals surface area contributed by atoms with E-state index in [-0.39, 0.29) is 18.3 Å². The van der Waals surface area contributed by atoms with Crippen LogP contribution < -0.4 is 10.1 Å². The van der Waals surface area contributed by atoms with Crippen molar-refractivity contribution >= 4 is 16.8 Å². The number of aryl methyl sites for hydroxylation is 1. The average molecular weight is 352 g/mol. The zero-order valence-corrected chi connectivity index (χ0v) is 14.2. The summed E-state index contributed by atoms with van der Waals surface area (Å²) in [5, 5.41) is 7.56. The van der Waals surface area contributed by atoms with Crippen LogP contribution >= 0.6 is 0 Å². The van der Waals surface area contributed by atoms with Crippen LogP contribution in [0, 0.1) is 6.92 Å². The highest BCUT2D eigenvalue weighted by Crippen LogP contribution is 2.26. The maximum atomic E-state index is 12.5. The molecule has 132 valence electrons. The van der Waals surface area contributed by atoms with E-state index < -0.39 is 0 Å². The Hall–Kier alpha value is -3.55. The number of hydrogen-bond donors (Lipinski definition) is 2. The highest BCUT2D eigenvalue weighted by Gasteiger charge is 2.17. The fourth-order valence-electron chi connectivity index (χ4n) is 2.73. The molecule has 0 unspecified atom stereocenters. The zero-order valence-electron chi connectivity index (χ0n) is 14.2. The molecular weight excluding hydrogens is 336 g/mol. The second-order valence-electron chi connectivity index (χ2n) is 5.71. The highest BCUT2D eigenvalue weighted by molar-refractivity contribution is 6.01. The number of nitrogens with zero attached hydrogens (tertiary/aromatic N) is 2. The molecule has 0 aliphatic rings. The first-order chi connectivity index (χ1) is 12.7. The number of fused-ring (bicyclic) bond motifs is 1. The van der Waals surface area contributed by atoms with Crippen molar-refractivity contribution in [1.82, 2.24) is 20.4 Å². The van der Waals surface area contributed by atoms with Gasteiger partial charge in [-0.2, -0.15) is 4.98 Å². The third-order valence-corrected chi connectivity index (χ3v) is 4.10. The third-order valence-electron chi connectivity index (χ3n) is 4.10. The van der Waals surface area contributed by atoms with E-state index in [0.717, 1.165) is 22.2 Å². The Bertz CT molecular complexity index is 1060. The van der Waals surface area contributed by atoms with Crippen molar-refractivity contribution in [3.8, 4) is 17.4 Å². The number of ether oxygens (including phenoxy) is 1. The largest absolute Gasteiger partial charge is 0.497 e. The molecule has 0 saturated carbocycles. The van der Waals surface area contributed by atoms with Gasteiger partial charge >= 0.3 is 0 Å². The maximum Gasteiger partial charge on any atom is 0.293 e. The van der Waals surface area contributed by atoms with E-state index in [9.17, 15) is 4.79 Å². The van der Waals surface area contributed by atoms with Crippen molar-refractivity contribution in [1.29, 1.82) is 0 Å². The Morgan fingerprint density at radius 3 is 3.00 bits per heavy atom. The van der Waals surface area contributed by atoms with Gasteiger partial charge in [0.25, 0.3) is 11.8 Å². The molecule has 3 aromatic heterocycles. The molecule has 0 radical (unpaired) electrons. The van der Waals surface area contributed by atoms with Crippen LogP contribution in [0.1, 0.15) is 21.9 Å². The molecule has 0 atom stereocenters. The molecule has 1 aromatic carbocycles. The summed E-state index contributed by atoms with van der Waals surface area (Å²) in [6, 6.07) is 9.07. The molecule has 0 aliphatic heterocycles. The van der Waals surface area contributed by atoms with Crippen LogP contribution in [0.15, 0.2) is 45.5 Å². The normalized spacial score (nSPS) is 11.0. The van der Waals surface area contributed by atoms with Crippen molar-refractivity contribution in [2.45, 2.75) is 13.5 Å². The molecule has 0 spiro atoms. The first-order valence-electron chi connectivity index (χ1n) is 7.96. The first-order valence-corrected chi connectivity index (χ1v) is 7.96. The number of nitrogens with one attached hydrogen (secondary N) is 2. The lowest BCUT2D eigenvalue weighted by Crippen LogP contribution is -2.24. The number of carbonyl (C=O) groups excluding carboxylic acids is 1. The highest BCUT2D eigenvalue weighted by atomic mass is 16.5. The van der Waals surface area contributed by atoms with E-state index in [4.69, 9.17) is 13.7 Å². The topological polar surface area (TPSA) is 106 Å². The number of methoxy groups -OCH3 is 1. The molecule has 1 amide bonds. The van der Waals surface area contributed by atoms with Crippen LogP contribution in [0.25, 0.3) is 22.6 Å². The minimum atomic E-state index is -0.248.